The predicted octanol–water partition coefficient (Wildman–Crippen LogP) is 5.51. The summed E-state index contributed by atoms with van der Waals surface area (Å²) in [5.41, 5.74) is 3.50. The van der Waals surface area contributed by atoms with E-state index < -0.39 is 11.7 Å². The van der Waals surface area contributed by atoms with Crippen molar-refractivity contribution >= 4 is 0 Å². The van der Waals surface area contributed by atoms with E-state index in [0.29, 0.717) is 25.3 Å². The van der Waals surface area contributed by atoms with E-state index in [4.69, 9.17) is 4.74 Å². The normalized spacial score (nSPS) is 11.9. The summed E-state index contributed by atoms with van der Waals surface area (Å²) in [5, 5.41) is 0. The maximum atomic E-state index is 13.0. The van der Waals surface area contributed by atoms with Gasteiger partial charge in [0.15, 0.2) is 0 Å². The third-order valence-electron chi connectivity index (χ3n) is 5.05. The lowest BCUT2D eigenvalue weighted by Gasteiger charge is -2.23. The summed E-state index contributed by atoms with van der Waals surface area (Å²) < 4.78 is 46.3. The lowest BCUT2D eigenvalue weighted by molar-refractivity contribution is -0.137. The van der Waals surface area contributed by atoms with Crippen LogP contribution in [-0.2, 0) is 30.5 Å². The molecular weight excluding hydrogens is 389 g/mol. The van der Waals surface area contributed by atoms with Crippen LogP contribution in [0.15, 0.2) is 66.9 Å². The van der Waals surface area contributed by atoms with Crippen molar-refractivity contribution in [3.63, 3.8) is 0 Å². The number of rotatable bonds is 9. The quantitative estimate of drug-likeness (QED) is 0.458. The number of aromatic nitrogens is 1. The summed E-state index contributed by atoms with van der Waals surface area (Å²) in [7, 11) is 1.68. The first-order chi connectivity index (χ1) is 14.3. The van der Waals surface area contributed by atoms with Crippen LogP contribution in [0.2, 0.25) is 0 Å². The predicted molar refractivity (Wildman–Crippen MR) is 112 cm³/mol. The molecule has 0 amide bonds. The molecule has 1 aromatic heterocycles. The van der Waals surface area contributed by atoms with E-state index in [1.165, 1.54) is 23.3 Å². The molecule has 2 aromatic carbocycles. The fourth-order valence-electron chi connectivity index (χ4n) is 3.41. The van der Waals surface area contributed by atoms with E-state index in [2.05, 4.69) is 36.1 Å². The average molecular weight is 416 g/mol. The standard InChI is InChI=1S/C24H27F3N2O/c1-19-8-10-20(11-9-19)16-28(13-14-30-2)18-23-7-4-12-29(23)17-21-5-3-6-22(15-21)24(25,26)27/h3-12,15H,13-14,16-18H2,1-2H3. The molecule has 3 aromatic rings. The van der Waals surface area contributed by atoms with Crippen LogP contribution in [0.3, 0.4) is 0 Å². The first kappa shape index (κ1) is 22.1. The minimum Gasteiger partial charge on any atom is -0.383 e. The SMILES string of the molecule is COCCN(Cc1ccc(C)cc1)Cc1cccn1Cc1cccc(C(F)(F)F)c1. The van der Waals surface area contributed by atoms with E-state index in [0.717, 1.165) is 24.8 Å². The smallest absolute Gasteiger partial charge is 0.383 e. The van der Waals surface area contributed by atoms with Crippen molar-refractivity contribution in [2.75, 3.05) is 20.3 Å². The highest BCUT2D eigenvalue weighted by Gasteiger charge is 2.30. The van der Waals surface area contributed by atoms with Gasteiger partial charge in [0.25, 0.3) is 0 Å². The largest absolute Gasteiger partial charge is 0.416 e. The van der Waals surface area contributed by atoms with Gasteiger partial charge < -0.3 is 9.30 Å². The molecule has 0 spiro atoms. The van der Waals surface area contributed by atoms with Gasteiger partial charge in [0, 0.05) is 45.2 Å². The molecule has 3 nitrogen and oxygen atoms in total. The molecule has 0 unspecified atom stereocenters. The van der Waals surface area contributed by atoms with Crippen LogP contribution in [-0.4, -0.2) is 29.7 Å². The fraction of sp³-hybridized carbons (Fsp3) is 0.333. The Morgan fingerprint density at radius 3 is 2.40 bits per heavy atom. The molecule has 0 saturated heterocycles. The maximum Gasteiger partial charge on any atom is 0.416 e. The number of nitrogens with zero attached hydrogens (tertiary/aromatic N) is 2. The van der Waals surface area contributed by atoms with Crippen molar-refractivity contribution < 1.29 is 17.9 Å². The fourth-order valence-corrected chi connectivity index (χ4v) is 3.41. The molecule has 0 bridgehead atoms. The Morgan fingerprint density at radius 2 is 1.70 bits per heavy atom. The molecule has 1 heterocycles. The molecule has 0 aliphatic carbocycles. The van der Waals surface area contributed by atoms with Crippen molar-refractivity contribution in [3.05, 3.63) is 94.8 Å². The van der Waals surface area contributed by atoms with Crippen LogP contribution in [0.25, 0.3) is 0 Å². The van der Waals surface area contributed by atoms with Gasteiger partial charge in [-0.1, -0.05) is 42.0 Å². The summed E-state index contributed by atoms with van der Waals surface area (Å²) in [4.78, 5) is 2.28. The highest BCUT2D eigenvalue weighted by Crippen LogP contribution is 2.29. The third kappa shape index (κ3) is 6.21. The number of methoxy groups -OCH3 is 1. The van der Waals surface area contributed by atoms with Crippen molar-refractivity contribution in [1.29, 1.82) is 0 Å². The van der Waals surface area contributed by atoms with Crippen LogP contribution in [0.5, 0.6) is 0 Å². The number of aryl methyl sites for hydroxylation is 1. The van der Waals surface area contributed by atoms with Crippen LogP contribution in [0.4, 0.5) is 13.2 Å². The zero-order chi connectivity index (χ0) is 21.6. The third-order valence-corrected chi connectivity index (χ3v) is 5.05. The minimum atomic E-state index is -4.33. The molecule has 0 saturated carbocycles. The second-order valence-electron chi connectivity index (χ2n) is 7.51. The molecule has 0 aliphatic heterocycles. The Bertz CT molecular complexity index is 932. The number of ether oxygens (including phenoxy) is 1. The number of hydrogen-bond acceptors (Lipinski definition) is 2. The molecule has 0 aliphatic rings. The molecule has 0 N–H and O–H groups in total. The topological polar surface area (TPSA) is 17.4 Å². The van der Waals surface area contributed by atoms with E-state index >= 15 is 0 Å². The van der Waals surface area contributed by atoms with Gasteiger partial charge in [-0.2, -0.15) is 13.2 Å². The lowest BCUT2D eigenvalue weighted by Crippen LogP contribution is -2.27. The summed E-state index contributed by atoms with van der Waals surface area (Å²) in [6, 6.07) is 17.9. The Labute approximate surface area is 175 Å². The number of halogens is 3. The van der Waals surface area contributed by atoms with Gasteiger partial charge in [-0.3, -0.25) is 4.90 Å². The molecule has 0 radical (unpaired) electrons. The van der Waals surface area contributed by atoms with E-state index in [1.54, 1.807) is 13.2 Å². The zero-order valence-corrected chi connectivity index (χ0v) is 17.3. The number of hydrogen-bond donors (Lipinski definition) is 0. The maximum absolute atomic E-state index is 13.0. The van der Waals surface area contributed by atoms with Gasteiger partial charge in [0.1, 0.15) is 0 Å². The highest BCUT2D eigenvalue weighted by atomic mass is 19.4. The summed E-state index contributed by atoms with van der Waals surface area (Å²) in [6.07, 6.45) is -2.42. The number of benzene rings is 2. The van der Waals surface area contributed by atoms with Gasteiger partial charge in [0.2, 0.25) is 0 Å². The zero-order valence-electron chi connectivity index (χ0n) is 17.3. The van der Waals surface area contributed by atoms with Crippen molar-refractivity contribution in [2.45, 2.75) is 32.7 Å². The Morgan fingerprint density at radius 1 is 0.933 bits per heavy atom. The van der Waals surface area contributed by atoms with Crippen LogP contribution < -0.4 is 0 Å². The van der Waals surface area contributed by atoms with Crippen LogP contribution in [0.1, 0.15) is 27.9 Å². The first-order valence-electron chi connectivity index (χ1n) is 9.92. The lowest BCUT2D eigenvalue weighted by atomic mass is 10.1. The summed E-state index contributed by atoms with van der Waals surface area (Å²) in [6.45, 7) is 5.29. The second-order valence-corrected chi connectivity index (χ2v) is 7.51. The van der Waals surface area contributed by atoms with Gasteiger partial charge in [0.05, 0.1) is 12.2 Å². The van der Waals surface area contributed by atoms with Crippen molar-refractivity contribution in [3.8, 4) is 0 Å². The van der Waals surface area contributed by atoms with Gasteiger partial charge >= 0.3 is 6.18 Å². The summed E-state index contributed by atoms with van der Waals surface area (Å²) >= 11 is 0. The van der Waals surface area contributed by atoms with Crippen LogP contribution >= 0.6 is 0 Å². The molecule has 160 valence electrons. The number of alkyl halides is 3. The Kier molecular flexibility index (Phi) is 7.34. The van der Waals surface area contributed by atoms with Gasteiger partial charge in [-0.25, -0.2) is 0 Å². The monoisotopic (exact) mass is 416 g/mol. The van der Waals surface area contributed by atoms with E-state index in [-0.39, 0.29) is 0 Å². The molecule has 6 heteroatoms. The highest BCUT2D eigenvalue weighted by molar-refractivity contribution is 5.27. The molecular formula is C24H27F3N2O. The van der Waals surface area contributed by atoms with Crippen LogP contribution in [0, 0.1) is 6.92 Å². The molecule has 0 fully saturated rings. The molecule has 0 atom stereocenters. The average Bonchev–Trinajstić information content (AvgIpc) is 3.14. The van der Waals surface area contributed by atoms with Crippen molar-refractivity contribution in [2.24, 2.45) is 0 Å². The van der Waals surface area contributed by atoms with Gasteiger partial charge in [-0.15, -0.1) is 0 Å². The first-order valence-corrected chi connectivity index (χ1v) is 9.92. The molecule has 3 rings (SSSR count). The second kappa shape index (κ2) is 9.96. The van der Waals surface area contributed by atoms with E-state index in [1.807, 2.05) is 22.9 Å². The Hall–Kier alpha value is -2.57. The minimum absolute atomic E-state index is 0.398. The van der Waals surface area contributed by atoms with Gasteiger partial charge in [-0.05, 0) is 42.3 Å². The Balaban J connectivity index is 1.74. The molecule has 30 heavy (non-hydrogen) atoms. The van der Waals surface area contributed by atoms with Crippen molar-refractivity contribution in [1.82, 2.24) is 9.47 Å². The van der Waals surface area contributed by atoms with E-state index in [9.17, 15) is 13.2 Å². The summed E-state index contributed by atoms with van der Waals surface area (Å²) in [5.74, 6) is 0.